The normalized spacial score (nSPS) is 14.5. The zero-order valence-corrected chi connectivity index (χ0v) is 20.3. The Morgan fingerprint density at radius 2 is 2.00 bits per heavy atom. The number of halogens is 1. The summed E-state index contributed by atoms with van der Waals surface area (Å²) in [6, 6.07) is 13.9. The minimum absolute atomic E-state index is 0.151. The third-order valence-electron chi connectivity index (χ3n) is 6.12. The molecule has 34 heavy (non-hydrogen) atoms. The molecule has 0 spiro atoms. The number of nitrogens with zero attached hydrogens (tertiary/aromatic N) is 4. The van der Waals surface area contributed by atoms with E-state index < -0.39 is 0 Å². The molecule has 2 N–H and O–H groups in total. The first-order valence-corrected chi connectivity index (χ1v) is 11.8. The monoisotopic (exact) mass is 474 g/mol. The molecular weight excluding hydrogens is 448 g/mol. The molecule has 0 amide bonds. The van der Waals surface area contributed by atoms with Gasteiger partial charge in [-0.15, -0.1) is 0 Å². The molecule has 4 aromatic rings. The molecule has 1 aliphatic heterocycles. The van der Waals surface area contributed by atoms with Crippen molar-refractivity contribution in [2.45, 2.75) is 39.2 Å². The maximum atomic E-state index is 6.35. The van der Waals surface area contributed by atoms with Gasteiger partial charge in [0.15, 0.2) is 11.5 Å². The molecule has 8 heteroatoms. The molecule has 0 bridgehead atoms. The van der Waals surface area contributed by atoms with E-state index in [-0.39, 0.29) is 5.41 Å². The maximum Gasteiger partial charge on any atom is 0.165 e. The van der Waals surface area contributed by atoms with Crippen LogP contribution in [0.1, 0.15) is 38.6 Å². The summed E-state index contributed by atoms with van der Waals surface area (Å²) in [7, 11) is 0. The van der Waals surface area contributed by atoms with E-state index in [1.165, 1.54) is 5.56 Å². The van der Waals surface area contributed by atoms with Gasteiger partial charge in [-0.05, 0) is 60.7 Å². The third-order valence-corrected chi connectivity index (χ3v) is 6.42. The first-order chi connectivity index (χ1) is 16.4. The molecule has 0 saturated heterocycles. The van der Waals surface area contributed by atoms with Crippen molar-refractivity contribution in [2.75, 3.05) is 23.8 Å². The van der Waals surface area contributed by atoms with E-state index in [2.05, 4.69) is 52.6 Å². The molecule has 174 valence electrons. The molecule has 3 aromatic heterocycles. The molecule has 1 aliphatic rings. The van der Waals surface area contributed by atoms with Crippen LogP contribution in [0.5, 0.6) is 0 Å². The number of anilines is 3. The van der Waals surface area contributed by atoms with Gasteiger partial charge in [-0.3, -0.25) is 4.98 Å². The van der Waals surface area contributed by atoms with Crippen LogP contribution in [0.3, 0.4) is 0 Å². The summed E-state index contributed by atoms with van der Waals surface area (Å²) >= 11 is 6.35. The lowest BCUT2D eigenvalue weighted by Crippen LogP contribution is -2.28. The number of hydrogen-bond acceptors (Lipinski definition) is 7. The van der Waals surface area contributed by atoms with Crippen LogP contribution in [0.15, 0.2) is 48.7 Å². The van der Waals surface area contributed by atoms with E-state index in [4.69, 9.17) is 26.3 Å². The lowest BCUT2D eigenvalue weighted by Gasteiger charge is -2.33. The fourth-order valence-corrected chi connectivity index (χ4v) is 4.47. The Hall–Kier alpha value is -3.29. The van der Waals surface area contributed by atoms with Crippen LogP contribution in [-0.2, 0) is 16.8 Å². The summed E-state index contributed by atoms with van der Waals surface area (Å²) in [6.45, 7) is 8.36. The Morgan fingerprint density at radius 1 is 1.12 bits per heavy atom. The Balaban J connectivity index is 1.56. The Labute approximate surface area is 204 Å². The lowest BCUT2D eigenvalue weighted by atomic mass is 9.78. The van der Waals surface area contributed by atoms with Crippen molar-refractivity contribution >= 4 is 39.8 Å². The van der Waals surface area contributed by atoms with Crippen molar-refractivity contribution in [3.63, 3.8) is 0 Å². The minimum Gasteiger partial charge on any atom is -0.385 e. The number of fused-ring (bicyclic) bond motifs is 2. The number of rotatable bonds is 6. The average molecular weight is 475 g/mol. The second-order valence-electron chi connectivity index (χ2n) is 8.97. The van der Waals surface area contributed by atoms with Crippen molar-refractivity contribution < 1.29 is 4.74 Å². The van der Waals surface area contributed by atoms with Gasteiger partial charge >= 0.3 is 0 Å². The third kappa shape index (κ3) is 4.41. The lowest BCUT2D eigenvalue weighted by molar-refractivity contribution is 0.128. The highest BCUT2D eigenvalue weighted by Crippen LogP contribution is 2.38. The van der Waals surface area contributed by atoms with Crippen molar-refractivity contribution in [3.8, 4) is 11.4 Å². The maximum absolute atomic E-state index is 6.35. The zero-order chi connectivity index (χ0) is 23.7. The molecule has 4 heterocycles. The van der Waals surface area contributed by atoms with Gasteiger partial charge in [-0.1, -0.05) is 31.5 Å². The van der Waals surface area contributed by atoms with Gasteiger partial charge < -0.3 is 15.4 Å². The summed E-state index contributed by atoms with van der Waals surface area (Å²) in [5.74, 6) is 1.24. The number of pyridine rings is 2. The number of benzene rings is 1. The van der Waals surface area contributed by atoms with Gasteiger partial charge in [0.1, 0.15) is 18.1 Å². The van der Waals surface area contributed by atoms with Gasteiger partial charge in [0.05, 0.1) is 16.1 Å². The van der Waals surface area contributed by atoms with E-state index in [1.54, 1.807) is 18.3 Å². The zero-order valence-electron chi connectivity index (χ0n) is 19.5. The quantitative estimate of drug-likeness (QED) is 0.348. The summed E-state index contributed by atoms with van der Waals surface area (Å²) in [4.78, 5) is 18.5. The summed E-state index contributed by atoms with van der Waals surface area (Å²) < 4.78 is 5.58. The Morgan fingerprint density at radius 3 is 2.82 bits per heavy atom. The van der Waals surface area contributed by atoms with Crippen LogP contribution in [0, 0.1) is 0 Å². The van der Waals surface area contributed by atoms with Crippen LogP contribution in [0.25, 0.3) is 22.4 Å². The average Bonchev–Trinajstić information content (AvgIpc) is 2.82. The second kappa shape index (κ2) is 9.16. The Bertz CT molecular complexity index is 1360. The van der Waals surface area contributed by atoms with Crippen LogP contribution in [-0.4, -0.2) is 33.1 Å². The van der Waals surface area contributed by atoms with Gasteiger partial charge in [0, 0.05) is 30.7 Å². The summed E-state index contributed by atoms with van der Waals surface area (Å²) in [5, 5.41) is 8.36. The van der Waals surface area contributed by atoms with Crippen LogP contribution in [0.4, 0.5) is 17.2 Å². The van der Waals surface area contributed by atoms with Crippen LogP contribution >= 0.6 is 11.6 Å². The molecule has 0 unspecified atom stereocenters. The molecule has 0 atom stereocenters. The fraction of sp³-hybridized carbons (Fsp3) is 0.308. The standard InChI is InChI=1S/C26H27ClN6O/c1-4-34-15-22-32-24(30-16-7-9-18-21(14-16)28-13-11-26(18,2)3)17-8-10-20(31-25(17)33-22)23-19(27)6-5-12-29-23/h5-10,12,14,28H,4,11,13,15H2,1-3H3,(H,30,31,32,33). The van der Waals surface area contributed by atoms with Gasteiger partial charge in [0.25, 0.3) is 0 Å². The largest absolute Gasteiger partial charge is 0.385 e. The predicted octanol–water partition coefficient (Wildman–Crippen LogP) is 6.11. The number of hydrogen-bond donors (Lipinski definition) is 2. The van der Waals surface area contributed by atoms with E-state index in [1.807, 2.05) is 19.1 Å². The highest BCUT2D eigenvalue weighted by molar-refractivity contribution is 6.32. The number of ether oxygens (including phenoxy) is 1. The molecular formula is C26H27ClN6O. The Kier molecular flexibility index (Phi) is 6.06. The van der Waals surface area contributed by atoms with Crippen molar-refractivity contribution in [1.82, 2.24) is 19.9 Å². The topological polar surface area (TPSA) is 84.9 Å². The van der Waals surface area contributed by atoms with E-state index >= 15 is 0 Å². The minimum atomic E-state index is 0.151. The van der Waals surface area contributed by atoms with E-state index in [0.29, 0.717) is 46.9 Å². The van der Waals surface area contributed by atoms with Crippen LogP contribution in [0.2, 0.25) is 5.02 Å². The number of aromatic nitrogens is 4. The first-order valence-electron chi connectivity index (χ1n) is 11.5. The highest BCUT2D eigenvalue weighted by Gasteiger charge is 2.27. The van der Waals surface area contributed by atoms with E-state index in [9.17, 15) is 0 Å². The smallest absolute Gasteiger partial charge is 0.165 e. The van der Waals surface area contributed by atoms with Crippen molar-refractivity contribution in [3.05, 3.63) is 65.1 Å². The molecule has 1 aromatic carbocycles. The highest BCUT2D eigenvalue weighted by atomic mass is 35.5. The molecule has 0 aliphatic carbocycles. The first kappa shape index (κ1) is 22.5. The molecule has 5 rings (SSSR count). The summed E-state index contributed by atoms with van der Waals surface area (Å²) in [5.41, 5.74) is 5.41. The van der Waals surface area contributed by atoms with Gasteiger partial charge in [-0.2, -0.15) is 0 Å². The SMILES string of the molecule is CCOCc1nc(Nc2ccc3c(c2)NCCC3(C)C)c2ccc(-c3ncccc3Cl)nc2n1. The number of nitrogens with one attached hydrogen (secondary N) is 2. The molecule has 7 nitrogen and oxygen atoms in total. The van der Waals surface area contributed by atoms with Crippen molar-refractivity contribution in [1.29, 1.82) is 0 Å². The van der Waals surface area contributed by atoms with Gasteiger partial charge in [0.2, 0.25) is 0 Å². The summed E-state index contributed by atoms with van der Waals surface area (Å²) in [6.07, 6.45) is 2.81. The predicted molar refractivity (Wildman–Crippen MR) is 137 cm³/mol. The fourth-order valence-electron chi connectivity index (χ4n) is 4.25. The van der Waals surface area contributed by atoms with Crippen molar-refractivity contribution in [2.24, 2.45) is 0 Å². The molecule has 0 fully saturated rings. The van der Waals surface area contributed by atoms with Gasteiger partial charge in [-0.25, -0.2) is 15.0 Å². The van der Waals surface area contributed by atoms with E-state index in [0.717, 1.165) is 29.7 Å². The molecule has 0 radical (unpaired) electrons. The molecule has 0 saturated carbocycles. The van der Waals surface area contributed by atoms with Crippen LogP contribution < -0.4 is 10.6 Å². The second-order valence-corrected chi connectivity index (χ2v) is 9.38.